The summed E-state index contributed by atoms with van der Waals surface area (Å²) in [6.07, 6.45) is 2.41. The number of piperidine rings is 1. The molecular weight excluding hydrogens is 340 g/mol. The Labute approximate surface area is 152 Å². The Morgan fingerprint density at radius 1 is 1.12 bits per heavy atom. The van der Waals surface area contributed by atoms with Gasteiger partial charge in [0, 0.05) is 23.6 Å². The molecule has 1 amide bonds. The van der Waals surface area contributed by atoms with Gasteiger partial charge in [0.2, 0.25) is 0 Å². The lowest BCUT2D eigenvalue weighted by atomic mass is 9.83. The number of benzene rings is 1. The largest absolute Gasteiger partial charge is 0.444 e. The fourth-order valence-corrected chi connectivity index (χ4v) is 4.14. The SMILES string of the molecule is Cc1c(C(=O)C2CC3CCC(C2)N3C(=O)OC(C)(C)C)ccc(F)c1F. The van der Waals surface area contributed by atoms with E-state index >= 15 is 0 Å². The molecule has 6 heteroatoms. The van der Waals surface area contributed by atoms with Gasteiger partial charge in [0.15, 0.2) is 17.4 Å². The second-order valence-corrected chi connectivity index (χ2v) is 8.34. The van der Waals surface area contributed by atoms with Crippen LogP contribution in [0.2, 0.25) is 0 Å². The molecule has 2 heterocycles. The minimum Gasteiger partial charge on any atom is -0.444 e. The molecule has 0 saturated carbocycles. The number of halogens is 2. The number of rotatable bonds is 2. The van der Waals surface area contributed by atoms with Gasteiger partial charge >= 0.3 is 6.09 Å². The van der Waals surface area contributed by atoms with Crippen molar-refractivity contribution in [2.75, 3.05) is 0 Å². The summed E-state index contributed by atoms with van der Waals surface area (Å²) in [5, 5.41) is 0. The summed E-state index contributed by atoms with van der Waals surface area (Å²) in [4.78, 5) is 27.1. The third-order valence-corrected chi connectivity index (χ3v) is 5.31. The predicted octanol–water partition coefficient (Wildman–Crippen LogP) is 4.63. The van der Waals surface area contributed by atoms with Gasteiger partial charge in [-0.25, -0.2) is 13.6 Å². The van der Waals surface area contributed by atoms with Crippen molar-refractivity contribution in [1.29, 1.82) is 0 Å². The topological polar surface area (TPSA) is 46.6 Å². The van der Waals surface area contributed by atoms with Crippen LogP contribution in [-0.4, -0.2) is 34.5 Å². The van der Waals surface area contributed by atoms with Gasteiger partial charge in [-0.15, -0.1) is 0 Å². The first kappa shape index (κ1) is 18.8. The number of hydrogen-bond donors (Lipinski definition) is 0. The molecule has 3 rings (SSSR count). The Morgan fingerprint density at radius 2 is 1.69 bits per heavy atom. The molecule has 2 aliphatic rings. The number of carbonyl (C=O) groups is 2. The summed E-state index contributed by atoms with van der Waals surface area (Å²) in [5.74, 6) is -2.36. The third-order valence-electron chi connectivity index (χ3n) is 5.31. The molecule has 4 nitrogen and oxygen atoms in total. The van der Waals surface area contributed by atoms with Crippen LogP contribution in [0.25, 0.3) is 0 Å². The molecule has 26 heavy (non-hydrogen) atoms. The first-order chi connectivity index (χ1) is 12.1. The summed E-state index contributed by atoms with van der Waals surface area (Å²) in [6, 6.07) is 2.28. The van der Waals surface area contributed by atoms with E-state index in [0.29, 0.717) is 12.8 Å². The molecule has 2 unspecified atom stereocenters. The van der Waals surface area contributed by atoms with Crippen molar-refractivity contribution in [2.24, 2.45) is 5.92 Å². The number of nitrogens with zero attached hydrogens (tertiary/aromatic N) is 1. The molecule has 0 aliphatic carbocycles. The lowest BCUT2D eigenvalue weighted by molar-refractivity contribution is 0.00253. The second kappa shape index (κ2) is 6.63. The minimum atomic E-state index is -0.968. The molecule has 2 bridgehead atoms. The van der Waals surface area contributed by atoms with Gasteiger partial charge in [0.05, 0.1) is 0 Å². The summed E-state index contributed by atoms with van der Waals surface area (Å²) >= 11 is 0. The number of amides is 1. The highest BCUT2D eigenvalue weighted by Gasteiger charge is 2.46. The molecule has 142 valence electrons. The van der Waals surface area contributed by atoms with Crippen LogP contribution in [0.5, 0.6) is 0 Å². The van der Waals surface area contributed by atoms with Crippen molar-refractivity contribution in [2.45, 2.75) is 71.1 Å². The van der Waals surface area contributed by atoms with Crippen LogP contribution in [0.4, 0.5) is 13.6 Å². The number of ketones is 1. The number of Topliss-reactive ketones (excluding diaryl/α,β-unsaturated/α-hetero) is 1. The number of carbonyl (C=O) groups excluding carboxylic acids is 2. The van der Waals surface area contributed by atoms with Crippen molar-refractivity contribution >= 4 is 11.9 Å². The van der Waals surface area contributed by atoms with Crippen molar-refractivity contribution in [3.8, 4) is 0 Å². The normalized spacial score (nSPS) is 25.3. The first-order valence-electron chi connectivity index (χ1n) is 9.08. The van der Waals surface area contributed by atoms with E-state index in [4.69, 9.17) is 4.74 Å². The predicted molar refractivity (Wildman–Crippen MR) is 93.0 cm³/mol. The van der Waals surface area contributed by atoms with Gasteiger partial charge in [-0.1, -0.05) is 0 Å². The van der Waals surface area contributed by atoms with Crippen molar-refractivity contribution in [3.05, 3.63) is 34.9 Å². The van der Waals surface area contributed by atoms with E-state index in [9.17, 15) is 18.4 Å². The van der Waals surface area contributed by atoms with Crippen molar-refractivity contribution in [1.82, 2.24) is 4.90 Å². The number of ether oxygens (including phenoxy) is 1. The van der Waals surface area contributed by atoms with Crippen LogP contribution in [0, 0.1) is 24.5 Å². The number of fused-ring (bicyclic) bond motifs is 2. The lowest BCUT2D eigenvalue weighted by Crippen LogP contribution is -2.49. The molecule has 0 spiro atoms. The molecule has 2 aliphatic heterocycles. The highest BCUT2D eigenvalue weighted by Crippen LogP contribution is 2.41. The van der Waals surface area contributed by atoms with Crippen LogP contribution in [0.1, 0.15) is 62.4 Å². The van der Waals surface area contributed by atoms with Gasteiger partial charge in [-0.3, -0.25) is 4.79 Å². The summed E-state index contributed by atoms with van der Waals surface area (Å²) in [5.41, 5.74) is -0.276. The van der Waals surface area contributed by atoms with Crippen LogP contribution in [-0.2, 0) is 4.74 Å². The van der Waals surface area contributed by atoms with Crippen molar-refractivity contribution < 1.29 is 23.1 Å². The number of hydrogen-bond acceptors (Lipinski definition) is 3. The average Bonchev–Trinajstić information content (AvgIpc) is 2.81. The van der Waals surface area contributed by atoms with Crippen molar-refractivity contribution in [3.63, 3.8) is 0 Å². The Morgan fingerprint density at radius 3 is 2.23 bits per heavy atom. The maximum absolute atomic E-state index is 13.8. The quantitative estimate of drug-likeness (QED) is 0.718. The zero-order valence-corrected chi connectivity index (χ0v) is 15.6. The summed E-state index contributed by atoms with van der Waals surface area (Å²) in [6.45, 7) is 6.91. The van der Waals surface area contributed by atoms with Gasteiger partial charge in [0.1, 0.15) is 5.60 Å². The smallest absolute Gasteiger partial charge is 0.410 e. The summed E-state index contributed by atoms with van der Waals surface area (Å²) < 4.78 is 32.6. The van der Waals surface area contributed by atoms with E-state index in [1.807, 2.05) is 20.8 Å². The molecule has 0 aromatic heterocycles. The van der Waals surface area contributed by atoms with E-state index in [1.54, 1.807) is 4.90 Å². The lowest BCUT2D eigenvalue weighted by Gasteiger charge is -2.39. The third kappa shape index (κ3) is 3.46. The van der Waals surface area contributed by atoms with Gasteiger partial charge < -0.3 is 9.64 Å². The second-order valence-electron chi connectivity index (χ2n) is 8.34. The maximum Gasteiger partial charge on any atom is 0.410 e. The Kier molecular flexibility index (Phi) is 4.80. The van der Waals surface area contributed by atoms with E-state index in [0.717, 1.165) is 18.9 Å². The standard InChI is InChI=1S/C20H25F2NO3/c1-11-15(7-8-16(21)17(11)22)18(24)12-9-13-5-6-14(10-12)23(13)19(25)26-20(2,3)4/h7-8,12-14H,5-6,9-10H2,1-4H3. The van der Waals surface area contributed by atoms with Gasteiger partial charge in [0.25, 0.3) is 0 Å². The average molecular weight is 365 g/mol. The highest BCUT2D eigenvalue weighted by molar-refractivity contribution is 5.99. The molecule has 1 aromatic rings. The Balaban J connectivity index is 1.76. The van der Waals surface area contributed by atoms with E-state index in [1.165, 1.54) is 13.0 Å². The molecule has 0 radical (unpaired) electrons. The molecule has 2 saturated heterocycles. The van der Waals surface area contributed by atoms with E-state index < -0.39 is 17.2 Å². The zero-order chi connectivity index (χ0) is 19.2. The van der Waals surface area contributed by atoms with Crippen LogP contribution in [0.3, 0.4) is 0 Å². The van der Waals surface area contributed by atoms with E-state index in [2.05, 4.69) is 0 Å². The summed E-state index contributed by atoms with van der Waals surface area (Å²) in [7, 11) is 0. The molecule has 2 atom stereocenters. The van der Waals surface area contributed by atoms with Crippen LogP contribution in [0.15, 0.2) is 12.1 Å². The fourth-order valence-electron chi connectivity index (χ4n) is 4.14. The Hall–Kier alpha value is -1.98. The monoisotopic (exact) mass is 365 g/mol. The van der Waals surface area contributed by atoms with Crippen LogP contribution < -0.4 is 0 Å². The molecule has 1 aromatic carbocycles. The molecule has 2 fully saturated rings. The minimum absolute atomic E-state index is 0.0387. The Bertz CT molecular complexity index is 727. The zero-order valence-electron chi connectivity index (χ0n) is 15.6. The van der Waals surface area contributed by atoms with Gasteiger partial charge in [-0.2, -0.15) is 0 Å². The molecule has 0 N–H and O–H groups in total. The first-order valence-corrected chi connectivity index (χ1v) is 9.08. The fraction of sp³-hybridized carbons (Fsp3) is 0.600. The van der Waals surface area contributed by atoms with E-state index in [-0.39, 0.29) is 41.0 Å². The van der Waals surface area contributed by atoms with Crippen LogP contribution >= 0.6 is 0 Å². The molecular formula is C20H25F2NO3. The van der Waals surface area contributed by atoms with Gasteiger partial charge in [-0.05, 0) is 71.1 Å². The highest BCUT2D eigenvalue weighted by atomic mass is 19.2. The maximum atomic E-state index is 13.8.